The van der Waals surface area contributed by atoms with Gasteiger partial charge in [-0.1, -0.05) is 44.2 Å². The molecule has 1 heterocycles. The molecule has 0 unspecified atom stereocenters. The fraction of sp³-hybridized carbons (Fsp3) is 0.292. The molecule has 31 heavy (non-hydrogen) atoms. The lowest BCUT2D eigenvalue weighted by molar-refractivity contribution is 0.102. The van der Waals surface area contributed by atoms with Gasteiger partial charge >= 0.3 is 0 Å². The van der Waals surface area contributed by atoms with Crippen molar-refractivity contribution in [2.45, 2.75) is 33.2 Å². The summed E-state index contributed by atoms with van der Waals surface area (Å²) in [4.78, 5) is 24.9. The summed E-state index contributed by atoms with van der Waals surface area (Å²) in [7, 11) is 0. The monoisotopic (exact) mass is 421 g/mol. The lowest BCUT2D eigenvalue weighted by Crippen LogP contribution is -2.26. The Morgan fingerprint density at radius 3 is 2.35 bits per heavy atom. The Morgan fingerprint density at radius 2 is 1.65 bits per heavy atom. The van der Waals surface area contributed by atoms with Gasteiger partial charge in [0, 0.05) is 17.8 Å². The van der Waals surface area contributed by atoms with Crippen LogP contribution in [0.5, 0.6) is 11.5 Å². The maximum Gasteiger partial charge on any atom is 0.276 e. The Morgan fingerprint density at radius 1 is 0.935 bits per heavy atom. The standard InChI is InChI=1S/C24H27N3O4/c1-3-14-30-21-12-10-19(16-22(21)31-15-4-2)25-24(29)20-11-13-23(28)27(26-20)17-18-8-6-5-7-9-18/h5-13,16H,3-4,14-15,17H2,1-2H3,(H,25,29). The van der Waals surface area contributed by atoms with Crippen LogP contribution in [0.1, 0.15) is 42.7 Å². The number of anilines is 1. The van der Waals surface area contributed by atoms with Crippen LogP contribution in [0, 0.1) is 0 Å². The summed E-state index contributed by atoms with van der Waals surface area (Å²) in [6.45, 7) is 5.48. The number of hydrogen-bond donors (Lipinski definition) is 1. The van der Waals surface area contributed by atoms with Crippen molar-refractivity contribution < 1.29 is 14.3 Å². The number of amides is 1. The van der Waals surface area contributed by atoms with Gasteiger partial charge in [-0.2, -0.15) is 5.10 Å². The second-order valence-corrected chi connectivity index (χ2v) is 7.01. The zero-order valence-corrected chi connectivity index (χ0v) is 17.8. The van der Waals surface area contributed by atoms with Crippen molar-refractivity contribution in [3.05, 3.63) is 82.3 Å². The second kappa shape index (κ2) is 11.0. The van der Waals surface area contributed by atoms with E-state index in [1.807, 2.05) is 44.2 Å². The highest BCUT2D eigenvalue weighted by molar-refractivity contribution is 6.02. The molecule has 7 nitrogen and oxygen atoms in total. The molecule has 0 radical (unpaired) electrons. The Bertz CT molecular complexity index is 1060. The summed E-state index contributed by atoms with van der Waals surface area (Å²) in [6, 6.07) is 17.5. The Balaban J connectivity index is 1.77. The molecular weight excluding hydrogens is 394 g/mol. The zero-order valence-electron chi connectivity index (χ0n) is 17.8. The van der Waals surface area contributed by atoms with Gasteiger partial charge in [-0.25, -0.2) is 4.68 Å². The predicted molar refractivity (Wildman–Crippen MR) is 120 cm³/mol. The molecule has 1 amide bonds. The van der Waals surface area contributed by atoms with Crippen molar-refractivity contribution >= 4 is 11.6 Å². The van der Waals surface area contributed by atoms with Crippen LogP contribution in [0.25, 0.3) is 0 Å². The molecule has 0 aliphatic rings. The number of nitrogens with one attached hydrogen (secondary N) is 1. The highest BCUT2D eigenvalue weighted by Gasteiger charge is 2.13. The van der Waals surface area contributed by atoms with Crippen molar-refractivity contribution in [2.24, 2.45) is 0 Å². The van der Waals surface area contributed by atoms with Crippen LogP contribution in [0.15, 0.2) is 65.5 Å². The minimum atomic E-state index is -0.412. The van der Waals surface area contributed by atoms with E-state index in [0.29, 0.717) is 36.9 Å². The van der Waals surface area contributed by atoms with Crippen molar-refractivity contribution in [2.75, 3.05) is 18.5 Å². The number of carbonyl (C=O) groups excluding carboxylic acids is 1. The molecule has 0 fully saturated rings. The van der Waals surface area contributed by atoms with E-state index in [1.54, 1.807) is 18.2 Å². The molecule has 162 valence electrons. The number of rotatable bonds is 10. The molecule has 2 aromatic carbocycles. The fourth-order valence-corrected chi connectivity index (χ4v) is 2.88. The van der Waals surface area contributed by atoms with Crippen molar-refractivity contribution in [3.8, 4) is 11.5 Å². The lowest BCUT2D eigenvalue weighted by atomic mass is 10.2. The molecule has 0 aliphatic heterocycles. The fourth-order valence-electron chi connectivity index (χ4n) is 2.88. The molecule has 0 aliphatic carbocycles. The number of hydrogen-bond acceptors (Lipinski definition) is 5. The largest absolute Gasteiger partial charge is 0.490 e. The maximum absolute atomic E-state index is 12.8. The molecule has 1 aromatic heterocycles. The van der Waals surface area contributed by atoms with E-state index < -0.39 is 5.91 Å². The van der Waals surface area contributed by atoms with Gasteiger partial charge in [-0.05, 0) is 36.6 Å². The van der Waals surface area contributed by atoms with Gasteiger partial charge in [-0.15, -0.1) is 0 Å². The van der Waals surface area contributed by atoms with Crippen molar-refractivity contribution in [1.29, 1.82) is 0 Å². The molecule has 0 bridgehead atoms. The number of benzene rings is 2. The Kier molecular flexibility index (Phi) is 7.81. The molecule has 3 aromatic rings. The normalized spacial score (nSPS) is 10.5. The Labute approximate surface area is 181 Å². The van der Waals surface area contributed by atoms with Crippen molar-refractivity contribution in [1.82, 2.24) is 9.78 Å². The van der Waals surface area contributed by atoms with E-state index in [4.69, 9.17) is 9.47 Å². The van der Waals surface area contributed by atoms with E-state index in [9.17, 15) is 9.59 Å². The topological polar surface area (TPSA) is 82.5 Å². The van der Waals surface area contributed by atoms with Crippen LogP contribution in [-0.4, -0.2) is 28.9 Å². The third-order valence-electron chi connectivity index (χ3n) is 4.40. The van der Waals surface area contributed by atoms with Crippen LogP contribution < -0.4 is 20.3 Å². The molecule has 1 N–H and O–H groups in total. The van der Waals surface area contributed by atoms with E-state index >= 15 is 0 Å². The summed E-state index contributed by atoms with van der Waals surface area (Å²) in [5, 5.41) is 7.05. The molecular formula is C24H27N3O4. The number of ether oxygens (including phenoxy) is 2. The first-order chi connectivity index (χ1) is 15.1. The number of nitrogens with zero attached hydrogens (tertiary/aromatic N) is 2. The van der Waals surface area contributed by atoms with E-state index in [-0.39, 0.29) is 11.3 Å². The van der Waals surface area contributed by atoms with Gasteiger partial charge in [-0.3, -0.25) is 9.59 Å². The predicted octanol–water partition coefficient (Wildman–Crippen LogP) is 4.12. The summed E-state index contributed by atoms with van der Waals surface area (Å²) in [5.74, 6) is 0.809. The van der Waals surface area contributed by atoms with Crippen LogP contribution in [-0.2, 0) is 6.54 Å². The lowest BCUT2D eigenvalue weighted by Gasteiger charge is -2.14. The first-order valence-corrected chi connectivity index (χ1v) is 10.4. The van der Waals surface area contributed by atoms with E-state index in [1.165, 1.54) is 16.8 Å². The molecule has 7 heteroatoms. The van der Waals surface area contributed by atoms with Gasteiger partial charge < -0.3 is 14.8 Å². The average Bonchev–Trinajstić information content (AvgIpc) is 2.79. The van der Waals surface area contributed by atoms with Gasteiger partial charge in [0.15, 0.2) is 11.5 Å². The van der Waals surface area contributed by atoms with Gasteiger partial charge in [0.25, 0.3) is 11.5 Å². The third kappa shape index (κ3) is 6.18. The molecule has 0 spiro atoms. The minimum absolute atomic E-state index is 0.151. The number of aromatic nitrogens is 2. The van der Waals surface area contributed by atoms with Crippen LogP contribution in [0.2, 0.25) is 0 Å². The first-order valence-electron chi connectivity index (χ1n) is 10.4. The first kappa shape index (κ1) is 22.1. The third-order valence-corrected chi connectivity index (χ3v) is 4.40. The average molecular weight is 421 g/mol. The summed E-state index contributed by atoms with van der Waals surface area (Å²) in [6.07, 6.45) is 1.74. The smallest absolute Gasteiger partial charge is 0.276 e. The van der Waals surface area contributed by atoms with Gasteiger partial charge in [0.2, 0.25) is 0 Å². The maximum atomic E-state index is 12.8. The second-order valence-electron chi connectivity index (χ2n) is 7.01. The molecule has 0 saturated heterocycles. The van der Waals surface area contributed by atoms with Gasteiger partial charge in [0.05, 0.1) is 19.8 Å². The molecule has 0 atom stereocenters. The van der Waals surface area contributed by atoms with E-state index in [0.717, 1.165) is 18.4 Å². The van der Waals surface area contributed by atoms with Crippen LogP contribution >= 0.6 is 0 Å². The summed E-state index contributed by atoms with van der Waals surface area (Å²) < 4.78 is 12.8. The SMILES string of the molecule is CCCOc1ccc(NC(=O)c2ccc(=O)n(Cc3ccccc3)n2)cc1OCCC. The minimum Gasteiger partial charge on any atom is -0.490 e. The highest BCUT2D eigenvalue weighted by atomic mass is 16.5. The summed E-state index contributed by atoms with van der Waals surface area (Å²) >= 11 is 0. The molecule has 0 saturated carbocycles. The summed E-state index contributed by atoms with van der Waals surface area (Å²) in [5.41, 5.74) is 1.36. The molecule has 3 rings (SSSR count). The quantitative estimate of drug-likeness (QED) is 0.532. The van der Waals surface area contributed by atoms with Gasteiger partial charge in [0.1, 0.15) is 5.69 Å². The van der Waals surface area contributed by atoms with Crippen molar-refractivity contribution in [3.63, 3.8) is 0 Å². The van der Waals surface area contributed by atoms with E-state index in [2.05, 4.69) is 10.4 Å². The number of carbonyl (C=O) groups is 1. The highest BCUT2D eigenvalue weighted by Crippen LogP contribution is 2.31. The zero-order chi connectivity index (χ0) is 22.1. The van der Waals surface area contributed by atoms with Crippen LogP contribution in [0.3, 0.4) is 0 Å². The van der Waals surface area contributed by atoms with Crippen LogP contribution in [0.4, 0.5) is 5.69 Å². The Hall–Kier alpha value is -3.61.